The minimum absolute atomic E-state index is 0.0438. The molecule has 0 unspecified atom stereocenters. The molecule has 0 radical (unpaired) electrons. The maximum absolute atomic E-state index is 12.9. The van der Waals surface area contributed by atoms with Crippen LogP contribution in [-0.4, -0.2) is 34.0 Å². The molecule has 6 nitrogen and oxygen atoms in total. The van der Waals surface area contributed by atoms with E-state index in [9.17, 15) is 24.3 Å². The molecule has 0 amide bonds. The number of aliphatic hydroxyl groups is 1. The lowest BCUT2D eigenvalue weighted by molar-refractivity contribution is -0.143. The Balaban J connectivity index is 1.80. The van der Waals surface area contributed by atoms with Crippen LogP contribution in [-0.2, 0) is 14.3 Å². The average molecular weight is 360 g/mol. The molecule has 1 heterocycles. The molecular formula is C21H12O6. The summed E-state index contributed by atoms with van der Waals surface area (Å²) in [6, 6.07) is 14.8. The molecule has 0 aromatic heterocycles. The Morgan fingerprint density at radius 1 is 0.889 bits per heavy atom. The Bertz CT molecular complexity index is 1040. The van der Waals surface area contributed by atoms with Crippen molar-refractivity contribution in [3.63, 3.8) is 0 Å². The van der Waals surface area contributed by atoms with Gasteiger partial charge in [0.25, 0.3) is 5.60 Å². The normalized spacial score (nSPS) is 17.7. The van der Waals surface area contributed by atoms with E-state index >= 15 is 0 Å². The Morgan fingerprint density at radius 3 is 2.04 bits per heavy atom. The smallest absolute Gasteiger partial charge is 0.375 e. The van der Waals surface area contributed by atoms with Crippen LogP contribution in [0.1, 0.15) is 26.3 Å². The molecule has 1 aliphatic carbocycles. The van der Waals surface area contributed by atoms with Crippen molar-refractivity contribution in [2.45, 2.75) is 5.60 Å². The molecule has 0 fully saturated rings. The predicted octanol–water partition coefficient (Wildman–Crippen LogP) is 2.46. The average Bonchev–Trinajstić information content (AvgIpc) is 3.08. The standard InChI is InChI=1S/C21H12O6/c22-15(11-10-12-6-2-1-3-7-12)16-17(23)20(26)27-21(16)18(24)13-8-4-5-9-14(13)19(21)25/h1-11,23H/b11-10-. The van der Waals surface area contributed by atoms with E-state index in [1.54, 1.807) is 42.5 Å². The summed E-state index contributed by atoms with van der Waals surface area (Å²) in [4.78, 5) is 50.5. The van der Waals surface area contributed by atoms with Gasteiger partial charge in [-0.1, -0.05) is 60.7 Å². The van der Waals surface area contributed by atoms with E-state index in [4.69, 9.17) is 4.74 Å². The summed E-state index contributed by atoms with van der Waals surface area (Å²) in [5, 5.41) is 10.1. The molecule has 132 valence electrons. The molecule has 0 atom stereocenters. The Kier molecular flexibility index (Phi) is 3.63. The van der Waals surface area contributed by atoms with Gasteiger partial charge in [0.05, 0.1) is 0 Å². The van der Waals surface area contributed by atoms with Crippen molar-refractivity contribution in [2.24, 2.45) is 0 Å². The van der Waals surface area contributed by atoms with Gasteiger partial charge in [0, 0.05) is 11.1 Å². The van der Waals surface area contributed by atoms with Crippen molar-refractivity contribution in [2.75, 3.05) is 0 Å². The van der Waals surface area contributed by atoms with Gasteiger partial charge in [-0.15, -0.1) is 0 Å². The summed E-state index contributed by atoms with van der Waals surface area (Å²) in [5.41, 5.74) is -2.32. The van der Waals surface area contributed by atoms with Gasteiger partial charge in [-0.2, -0.15) is 0 Å². The van der Waals surface area contributed by atoms with Crippen LogP contribution in [0.3, 0.4) is 0 Å². The highest BCUT2D eigenvalue weighted by Crippen LogP contribution is 2.43. The Hall–Kier alpha value is -3.80. The molecule has 0 bridgehead atoms. The fourth-order valence-corrected chi connectivity index (χ4v) is 3.30. The number of ether oxygens (including phenoxy) is 1. The molecule has 2 aliphatic rings. The molecule has 2 aromatic rings. The molecule has 0 saturated heterocycles. The summed E-state index contributed by atoms with van der Waals surface area (Å²) < 4.78 is 5.00. The van der Waals surface area contributed by atoms with Gasteiger partial charge >= 0.3 is 5.97 Å². The number of fused-ring (bicyclic) bond motifs is 1. The number of ketones is 3. The number of esters is 1. The molecule has 4 rings (SSSR count). The fraction of sp³-hybridized carbons (Fsp3) is 0.0476. The zero-order valence-electron chi connectivity index (χ0n) is 13.8. The highest BCUT2D eigenvalue weighted by Gasteiger charge is 2.65. The van der Waals surface area contributed by atoms with Gasteiger partial charge in [-0.25, -0.2) is 4.79 Å². The quantitative estimate of drug-likeness (QED) is 0.513. The van der Waals surface area contributed by atoms with E-state index in [0.717, 1.165) is 6.08 Å². The van der Waals surface area contributed by atoms with Gasteiger partial charge in [0.1, 0.15) is 5.57 Å². The Morgan fingerprint density at radius 2 is 1.44 bits per heavy atom. The lowest BCUT2D eigenvalue weighted by Crippen LogP contribution is -2.45. The summed E-state index contributed by atoms with van der Waals surface area (Å²) in [5.74, 6) is -4.82. The zero-order valence-corrected chi connectivity index (χ0v) is 13.8. The minimum atomic E-state index is -2.46. The molecule has 6 heteroatoms. The summed E-state index contributed by atoms with van der Waals surface area (Å²) >= 11 is 0. The second-order valence-corrected chi connectivity index (χ2v) is 6.11. The third-order valence-corrected chi connectivity index (χ3v) is 4.56. The second kappa shape index (κ2) is 5.88. The van der Waals surface area contributed by atoms with Crippen LogP contribution in [0.2, 0.25) is 0 Å². The number of aliphatic hydroxyl groups excluding tert-OH is 1. The Labute approximate surface area is 153 Å². The molecule has 27 heavy (non-hydrogen) atoms. The van der Waals surface area contributed by atoms with Crippen LogP contribution in [0.25, 0.3) is 6.08 Å². The third-order valence-electron chi connectivity index (χ3n) is 4.56. The maximum atomic E-state index is 12.9. The van der Waals surface area contributed by atoms with Crippen LogP contribution in [0.5, 0.6) is 0 Å². The molecule has 2 aromatic carbocycles. The highest BCUT2D eigenvalue weighted by atomic mass is 16.6. The number of Topliss-reactive ketones (excluding diaryl/α,β-unsaturated/α-hetero) is 2. The molecule has 0 saturated carbocycles. The first-order valence-corrected chi connectivity index (χ1v) is 8.10. The van der Waals surface area contributed by atoms with Crippen LogP contribution < -0.4 is 0 Å². The van der Waals surface area contributed by atoms with Gasteiger partial charge in [0.15, 0.2) is 5.78 Å². The number of carbonyl (C=O) groups excluding carboxylic acids is 4. The molecule has 1 aliphatic heterocycles. The topological polar surface area (TPSA) is 97.7 Å². The highest BCUT2D eigenvalue weighted by molar-refractivity contribution is 6.40. The van der Waals surface area contributed by atoms with Crippen molar-refractivity contribution < 1.29 is 29.0 Å². The van der Waals surface area contributed by atoms with Crippen molar-refractivity contribution in [1.82, 2.24) is 0 Å². The molecule has 1 spiro atoms. The van der Waals surface area contributed by atoms with Crippen molar-refractivity contribution in [3.8, 4) is 0 Å². The summed E-state index contributed by atoms with van der Waals surface area (Å²) in [6.45, 7) is 0. The van der Waals surface area contributed by atoms with E-state index in [1.807, 2.05) is 0 Å². The number of allylic oxidation sites excluding steroid dienone is 1. The number of rotatable bonds is 3. The van der Waals surface area contributed by atoms with Gasteiger partial charge in [-0.3, -0.25) is 14.4 Å². The van der Waals surface area contributed by atoms with Gasteiger partial charge in [0.2, 0.25) is 17.3 Å². The van der Waals surface area contributed by atoms with Crippen LogP contribution in [0.15, 0.2) is 72.0 Å². The van der Waals surface area contributed by atoms with Crippen LogP contribution >= 0.6 is 0 Å². The zero-order chi connectivity index (χ0) is 19.2. The van der Waals surface area contributed by atoms with Crippen LogP contribution in [0, 0.1) is 0 Å². The molecule has 1 N–H and O–H groups in total. The van der Waals surface area contributed by atoms with E-state index in [-0.39, 0.29) is 11.1 Å². The van der Waals surface area contributed by atoms with E-state index < -0.39 is 40.3 Å². The number of benzene rings is 2. The monoisotopic (exact) mass is 360 g/mol. The largest absolute Gasteiger partial charge is 0.501 e. The van der Waals surface area contributed by atoms with E-state index in [2.05, 4.69) is 0 Å². The summed E-state index contributed by atoms with van der Waals surface area (Å²) in [7, 11) is 0. The summed E-state index contributed by atoms with van der Waals surface area (Å²) in [6.07, 6.45) is 2.55. The lowest BCUT2D eigenvalue weighted by atomic mass is 9.86. The van der Waals surface area contributed by atoms with Crippen LogP contribution in [0.4, 0.5) is 0 Å². The molecular weight excluding hydrogens is 348 g/mol. The lowest BCUT2D eigenvalue weighted by Gasteiger charge is -2.20. The van der Waals surface area contributed by atoms with E-state index in [0.29, 0.717) is 5.56 Å². The minimum Gasteiger partial charge on any atom is -0.501 e. The van der Waals surface area contributed by atoms with E-state index in [1.165, 1.54) is 18.2 Å². The first-order valence-electron chi connectivity index (χ1n) is 8.10. The van der Waals surface area contributed by atoms with Crippen molar-refractivity contribution >= 4 is 29.4 Å². The van der Waals surface area contributed by atoms with Gasteiger partial charge < -0.3 is 9.84 Å². The SMILES string of the molecule is O=C(/C=C\c1ccccc1)C1=C(O)C(=O)OC12C(=O)c1ccccc1C2=O. The number of carbonyl (C=O) groups is 4. The van der Waals surface area contributed by atoms with Gasteiger partial charge in [-0.05, 0) is 11.6 Å². The van der Waals surface area contributed by atoms with Crippen molar-refractivity contribution in [3.05, 3.63) is 88.7 Å². The number of hydrogen-bond acceptors (Lipinski definition) is 6. The first kappa shape index (κ1) is 16.7. The fourth-order valence-electron chi connectivity index (χ4n) is 3.30. The van der Waals surface area contributed by atoms with Crippen molar-refractivity contribution in [1.29, 1.82) is 0 Å². The first-order chi connectivity index (χ1) is 13.0. The maximum Gasteiger partial charge on any atom is 0.375 e. The predicted molar refractivity (Wildman–Crippen MR) is 94.1 cm³/mol. The third kappa shape index (κ3) is 2.27. The second-order valence-electron chi connectivity index (χ2n) is 6.11. The number of hydrogen-bond donors (Lipinski definition) is 1.